The van der Waals surface area contributed by atoms with Crippen molar-refractivity contribution in [2.24, 2.45) is 11.0 Å². The smallest absolute Gasteiger partial charge is 0.271 e. The first kappa shape index (κ1) is 20.7. The summed E-state index contributed by atoms with van der Waals surface area (Å²) >= 11 is 5.91. The second-order valence-electron chi connectivity index (χ2n) is 6.23. The van der Waals surface area contributed by atoms with Crippen LogP contribution in [0.3, 0.4) is 0 Å². The summed E-state index contributed by atoms with van der Waals surface area (Å²) in [7, 11) is 1.50. The Morgan fingerprint density at radius 3 is 2.74 bits per heavy atom. The summed E-state index contributed by atoms with van der Waals surface area (Å²) < 4.78 is 24.7. The van der Waals surface area contributed by atoms with Crippen molar-refractivity contribution < 1.29 is 18.7 Å². The monoisotopic (exact) mass is 392 g/mol. The number of hydrogen-bond acceptors (Lipinski definition) is 4. The number of nitrogens with zero attached hydrogens (tertiary/aromatic N) is 1. The highest BCUT2D eigenvalue weighted by Crippen LogP contribution is 2.28. The number of hydrogen-bond donors (Lipinski definition) is 1. The Morgan fingerprint density at radius 1 is 1.30 bits per heavy atom. The molecule has 7 heteroatoms. The molecule has 0 aliphatic rings. The lowest BCUT2D eigenvalue weighted by atomic mass is 10.1. The van der Waals surface area contributed by atoms with Crippen LogP contribution < -0.4 is 14.9 Å². The lowest BCUT2D eigenvalue weighted by Gasteiger charge is -2.12. The predicted molar refractivity (Wildman–Crippen MR) is 104 cm³/mol. The van der Waals surface area contributed by atoms with Crippen molar-refractivity contribution in [2.75, 3.05) is 13.7 Å². The minimum absolute atomic E-state index is 0.103. The maximum atomic E-state index is 13.7. The molecule has 2 aromatic rings. The van der Waals surface area contributed by atoms with Crippen LogP contribution in [0.25, 0.3) is 0 Å². The molecule has 2 aromatic carbocycles. The number of amides is 1. The fourth-order valence-corrected chi connectivity index (χ4v) is 2.40. The van der Waals surface area contributed by atoms with E-state index < -0.39 is 11.7 Å². The van der Waals surface area contributed by atoms with Crippen LogP contribution in [-0.2, 0) is 0 Å². The molecule has 0 unspecified atom stereocenters. The molecule has 0 saturated heterocycles. The van der Waals surface area contributed by atoms with Crippen LogP contribution in [0, 0.1) is 11.7 Å². The van der Waals surface area contributed by atoms with Crippen LogP contribution in [0.1, 0.15) is 36.2 Å². The van der Waals surface area contributed by atoms with Gasteiger partial charge in [-0.25, -0.2) is 9.82 Å². The molecule has 0 saturated carbocycles. The molecule has 0 heterocycles. The summed E-state index contributed by atoms with van der Waals surface area (Å²) in [6.45, 7) is 4.79. The van der Waals surface area contributed by atoms with E-state index >= 15 is 0 Å². The lowest BCUT2D eigenvalue weighted by molar-refractivity contribution is 0.0954. The van der Waals surface area contributed by atoms with E-state index in [4.69, 9.17) is 21.1 Å². The Morgan fingerprint density at radius 2 is 2.07 bits per heavy atom. The van der Waals surface area contributed by atoms with E-state index in [1.54, 1.807) is 18.2 Å². The first-order valence-corrected chi connectivity index (χ1v) is 8.88. The second kappa shape index (κ2) is 9.92. The van der Waals surface area contributed by atoms with Gasteiger partial charge in [0.2, 0.25) is 0 Å². The van der Waals surface area contributed by atoms with Gasteiger partial charge < -0.3 is 9.47 Å². The molecule has 2 rings (SSSR count). The van der Waals surface area contributed by atoms with Crippen LogP contribution in [0.2, 0.25) is 5.02 Å². The van der Waals surface area contributed by atoms with E-state index in [-0.39, 0.29) is 10.6 Å². The Kier molecular flexibility index (Phi) is 7.61. The zero-order chi connectivity index (χ0) is 19.8. The third-order valence-electron chi connectivity index (χ3n) is 3.74. The standard InChI is InChI=1S/C20H22ClFN2O3/c1-13(2)9-10-27-18-8-7-14(11-19(18)26-3)20(25)24-23-12-15-16(21)5-4-6-17(15)22/h4-8,11-13H,9-10H2,1-3H3,(H,24,25)/b23-12+. The fourth-order valence-electron chi connectivity index (χ4n) is 2.19. The molecule has 0 aromatic heterocycles. The van der Waals surface area contributed by atoms with Crippen molar-refractivity contribution in [3.63, 3.8) is 0 Å². The van der Waals surface area contributed by atoms with E-state index in [0.29, 0.717) is 29.6 Å². The average molecular weight is 393 g/mol. The molecule has 0 aliphatic heterocycles. The normalized spacial score (nSPS) is 11.0. The summed E-state index contributed by atoms with van der Waals surface area (Å²) in [4.78, 5) is 12.2. The molecule has 27 heavy (non-hydrogen) atoms. The van der Waals surface area contributed by atoms with Crippen LogP contribution in [0.4, 0.5) is 4.39 Å². The van der Waals surface area contributed by atoms with Crippen LogP contribution in [0.5, 0.6) is 11.5 Å². The maximum Gasteiger partial charge on any atom is 0.271 e. The Hall–Kier alpha value is -2.60. The number of benzene rings is 2. The van der Waals surface area contributed by atoms with Gasteiger partial charge in [0.25, 0.3) is 5.91 Å². The summed E-state index contributed by atoms with van der Waals surface area (Å²) in [6, 6.07) is 9.13. The molecular weight excluding hydrogens is 371 g/mol. The predicted octanol–water partition coefficient (Wildman–Crippen LogP) is 4.68. The van der Waals surface area contributed by atoms with Gasteiger partial charge in [-0.3, -0.25) is 4.79 Å². The van der Waals surface area contributed by atoms with Gasteiger partial charge in [0.05, 0.1) is 25.0 Å². The summed E-state index contributed by atoms with van der Waals surface area (Å²) in [5.41, 5.74) is 2.78. The van der Waals surface area contributed by atoms with E-state index in [1.807, 2.05) is 0 Å². The third-order valence-corrected chi connectivity index (χ3v) is 4.07. The summed E-state index contributed by atoms with van der Waals surface area (Å²) in [5, 5.41) is 3.97. The van der Waals surface area contributed by atoms with Gasteiger partial charge in [-0.2, -0.15) is 5.10 Å². The molecule has 5 nitrogen and oxygen atoms in total. The Bertz CT molecular complexity index is 805. The lowest BCUT2D eigenvalue weighted by Crippen LogP contribution is -2.18. The molecule has 0 bridgehead atoms. The number of nitrogens with one attached hydrogen (secondary N) is 1. The van der Waals surface area contributed by atoms with Crippen molar-refractivity contribution >= 4 is 23.7 Å². The van der Waals surface area contributed by atoms with Gasteiger partial charge in [-0.05, 0) is 42.7 Å². The molecular formula is C20H22ClFN2O3. The van der Waals surface area contributed by atoms with Crippen molar-refractivity contribution in [3.8, 4) is 11.5 Å². The molecule has 0 aliphatic carbocycles. The molecule has 144 valence electrons. The van der Waals surface area contributed by atoms with Crippen molar-refractivity contribution in [2.45, 2.75) is 20.3 Å². The van der Waals surface area contributed by atoms with Crippen LogP contribution in [-0.4, -0.2) is 25.8 Å². The molecule has 0 radical (unpaired) electrons. The van der Waals surface area contributed by atoms with Gasteiger partial charge in [-0.1, -0.05) is 31.5 Å². The number of ether oxygens (including phenoxy) is 2. The average Bonchev–Trinajstić information content (AvgIpc) is 2.63. The number of carbonyl (C=O) groups is 1. The topological polar surface area (TPSA) is 59.9 Å². The highest BCUT2D eigenvalue weighted by molar-refractivity contribution is 6.33. The molecule has 1 N–H and O–H groups in total. The van der Waals surface area contributed by atoms with Crippen LogP contribution in [0.15, 0.2) is 41.5 Å². The zero-order valence-corrected chi connectivity index (χ0v) is 16.2. The number of methoxy groups -OCH3 is 1. The largest absolute Gasteiger partial charge is 0.493 e. The molecule has 0 atom stereocenters. The van der Waals surface area contributed by atoms with Gasteiger partial charge in [0.1, 0.15) is 5.82 Å². The molecule has 0 spiro atoms. The Balaban J connectivity index is 2.04. The highest BCUT2D eigenvalue weighted by Gasteiger charge is 2.11. The van der Waals surface area contributed by atoms with E-state index in [9.17, 15) is 9.18 Å². The van der Waals surface area contributed by atoms with E-state index in [1.165, 1.54) is 25.3 Å². The van der Waals surface area contributed by atoms with Gasteiger partial charge in [0.15, 0.2) is 11.5 Å². The third kappa shape index (κ3) is 5.96. The minimum atomic E-state index is -0.523. The van der Waals surface area contributed by atoms with Crippen molar-refractivity contribution in [1.29, 1.82) is 0 Å². The van der Waals surface area contributed by atoms with Gasteiger partial charge in [-0.15, -0.1) is 0 Å². The Labute approximate surface area is 163 Å². The minimum Gasteiger partial charge on any atom is -0.493 e. The number of rotatable bonds is 8. The van der Waals surface area contributed by atoms with Crippen molar-refractivity contribution in [1.82, 2.24) is 5.43 Å². The quantitative estimate of drug-likeness (QED) is 0.524. The second-order valence-corrected chi connectivity index (χ2v) is 6.64. The van der Waals surface area contributed by atoms with Gasteiger partial charge >= 0.3 is 0 Å². The summed E-state index contributed by atoms with van der Waals surface area (Å²) in [6.07, 6.45) is 2.08. The fraction of sp³-hybridized carbons (Fsp3) is 0.300. The van der Waals surface area contributed by atoms with E-state index in [2.05, 4.69) is 24.4 Å². The van der Waals surface area contributed by atoms with Gasteiger partial charge in [0, 0.05) is 11.1 Å². The van der Waals surface area contributed by atoms with Crippen molar-refractivity contribution in [3.05, 3.63) is 58.4 Å². The van der Waals surface area contributed by atoms with E-state index in [0.717, 1.165) is 12.6 Å². The number of hydrazone groups is 1. The molecule has 1 amide bonds. The SMILES string of the molecule is COc1cc(C(=O)N/N=C/c2c(F)cccc2Cl)ccc1OCCC(C)C. The number of halogens is 2. The highest BCUT2D eigenvalue weighted by atomic mass is 35.5. The zero-order valence-electron chi connectivity index (χ0n) is 15.5. The maximum absolute atomic E-state index is 13.7. The van der Waals surface area contributed by atoms with Crippen LogP contribution >= 0.6 is 11.6 Å². The first-order valence-electron chi connectivity index (χ1n) is 8.50. The number of carbonyl (C=O) groups excluding carboxylic acids is 1. The summed E-state index contributed by atoms with van der Waals surface area (Å²) in [5.74, 6) is 0.557. The first-order chi connectivity index (χ1) is 12.9. The molecule has 0 fully saturated rings.